The van der Waals surface area contributed by atoms with Crippen molar-refractivity contribution in [3.8, 4) is 0 Å². The van der Waals surface area contributed by atoms with E-state index in [9.17, 15) is 9.59 Å². The molecule has 0 bridgehead atoms. The molecule has 2 aliphatic rings. The number of quaternary nitrogens is 1. The van der Waals surface area contributed by atoms with Crippen molar-refractivity contribution in [1.29, 1.82) is 0 Å². The quantitative estimate of drug-likeness (QED) is 0.704. The summed E-state index contributed by atoms with van der Waals surface area (Å²) in [5.74, 6) is 0.137. The summed E-state index contributed by atoms with van der Waals surface area (Å²) in [5.41, 5.74) is 2.09. The third-order valence-electron chi connectivity index (χ3n) is 6.97. The van der Waals surface area contributed by atoms with Gasteiger partial charge in [-0.05, 0) is 44.7 Å². The monoisotopic (exact) mass is 408 g/mol. The number of amides is 1. The van der Waals surface area contributed by atoms with Crippen LogP contribution in [0.3, 0.4) is 0 Å². The standard InChI is InChI=1S/C23H29N5O2/c1-17-15-21(29)24-23-19-9-5-6-10-20(19)27(28(17)23)16-22(30)26-13-11-25(12-14-26)18-7-3-2-4-8-18/h5-6,9-10,15,18H,2-4,7-8,11-14,16H2,1H3/p+1. The zero-order valence-electron chi connectivity index (χ0n) is 17.6. The maximum absolute atomic E-state index is 13.2. The smallest absolute Gasteiger partial charge is 0.273 e. The summed E-state index contributed by atoms with van der Waals surface area (Å²) in [6.45, 7) is 5.91. The van der Waals surface area contributed by atoms with E-state index in [4.69, 9.17) is 0 Å². The molecule has 7 nitrogen and oxygen atoms in total. The first-order chi connectivity index (χ1) is 14.6. The second-order valence-corrected chi connectivity index (χ2v) is 8.82. The van der Waals surface area contributed by atoms with Crippen LogP contribution in [0.5, 0.6) is 0 Å². The molecule has 0 atom stereocenters. The van der Waals surface area contributed by atoms with Gasteiger partial charge in [-0.2, -0.15) is 4.98 Å². The summed E-state index contributed by atoms with van der Waals surface area (Å²) in [5, 5.41) is 0.901. The van der Waals surface area contributed by atoms with Gasteiger partial charge in [-0.25, -0.2) is 4.52 Å². The predicted octanol–water partition coefficient (Wildman–Crippen LogP) is 1.02. The molecule has 1 N–H and O–H groups in total. The highest BCUT2D eigenvalue weighted by Gasteiger charge is 2.30. The van der Waals surface area contributed by atoms with Crippen LogP contribution >= 0.6 is 0 Å². The average Bonchev–Trinajstić information content (AvgIpc) is 3.08. The van der Waals surface area contributed by atoms with Gasteiger partial charge in [-0.15, -0.1) is 0 Å². The minimum atomic E-state index is -0.247. The number of aryl methyl sites for hydroxylation is 1. The first kappa shape index (κ1) is 19.3. The van der Waals surface area contributed by atoms with Crippen LogP contribution in [0.2, 0.25) is 0 Å². The lowest BCUT2D eigenvalue weighted by Gasteiger charge is -2.38. The molecule has 0 unspecified atom stereocenters. The van der Waals surface area contributed by atoms with E-state index in [-0.39, 0.29) is 18.0 Å². The fourth-order valence-corrected chi connectivity index (χ4v) is 5.41. The van der Waals surface area contributed by atoms with Crippen LogP contribution in [-0.4, -0.2) is 57.2 Å². The minimum absolute atomic E-state index is 0.137. The molecule has 5 rings (SSSR count). The van der Waals surface area contributed by atoms with E-state index in [2.05, 4.69) is 4.98 Å². The number of carbonyl (C=O) groups is 1. The Kier molecular flexibility index (Phi) is 5.06. The summed E-state index contributed by atoms with van der Waals surface area (Å²) in [7, 11) is 0. The highest BCUT2D eigenvalue weighted by Crippen LogP contribution is 2.21. The first-order valence-corrected chi connectivity index (χ1v) is 11.2. The van der Waals surface area contributed by atoms with Gasteiger partial charge in [0, 0.05) is 17.1 Å². The van der Waals surface area contributed by atoms with Gasteiger partial charge in [0.15, 0.2) is 5.65 Å². The van der Waals surface area contributed by atoms with Gasteiger partial charge in [-0.3, -0.25) is 14.3 Å². The second-order valence-electron chi connectivity index (χ2n) is 8.82. The SMILES string of the molecule is Cc1cc(=O)nc2c3ccccc3n(CC(=O)N3CC[NH+](C4CCCCC4)CC3)n12. The van der Waals surface area contributed by atoms with E-state index < -0.39 is 0 Å². The van der Waals surface area contributed by atoms with E-state index in [1.165, 1.54) is 38.2 Å². The fraction of sp³-hybridized carbons (Fsp3) is 0.522. The highest BCUT2D eigenvalue weighted by molar-refractivity contribution is 5.93. The average molecular weight is 409 g/mol. The van der Waals surface area contributed by atoms with Crippen molar-refractivity contribution < 1.29 is 9.69 Å². The number of carbonyl (C=O) groups excluding carboxylic acids is 1. The molecule has 1 aliphatic carbocycles. The Labute approximate surface area is 175 Å². The van der Waals surface area contributed by atoms with Crippen molar-refractivity contribution >= 4 is 22.5 Å². The van der Waals surface area contributed by atoms with Gasteiger partial charge in [0.2, 0.25) is 5.91 Å². The van der Waals surface area contributed by atoms with Crippen molar-refractivity contribution in [2.24, 2.45) is 0 Å². The first-order valence-electron chi connectivity index (χ1n) is 11.2. The lowest BCUT2D eigenvalue weighted by atomic mass is 9.94. The molecule has 0 spiro atoms. The van der Waals surface area contributed by atoms with E-state index in [1.807, 2.05) is 45.3 Å². The second kappa shape index (κ2) is 7.87. The number of benzene rings is 1. The molecule has 30 heavy (non-hydrogen) atoms. The van der Waals surface area contributed by atoms with Gasteiger partial charge in [0.25, 0.3) is 5.56 Å². The Hall–Kier alpha value is -2.67. The van der Waals surface area contributed by atoms with Crippen molar-refractivity contribution in [2.75, 3.05) is 26.2 Å². The Morgan fingerprint density at radius 3 is 2.63 bits per heavy atom. The fourth-order valence-electron chi connectivity index (χ4n) is 5.41. The van der Waals surface area contributed by atoms with E-state index in [0.29, 0.717) is 5.65 Å². The molecule has 2 aromatic heterocycles. The van der Waals surface area contributed by atoms with Crippen molar-refractivity contribution in [3.63, 3.8) is 0 Å². The zero-order chi connectivity index (χ0) is 20.7. The Morgan fingerprint density at radius 1 is 1.13 bits per heavy atom. The van der Waals surface area contributed by atoms with E-state index in [0.717, 1.165) is 48.8 Å². The lowest BCUT2D eigenvalue weighted by Crippen LogP contribution is -3.18. The van der Waals surface area contributed by atoms with Crippen LogP contribution < -0.4 is 10.5 Å². The maximum Gasteiger partial charge on any atom is 0.273 e. The van der Waals surface area contributed by atoms with Crippen LogP contribution in [0.15, 0.2) is 35.1 Å². The third kappa shape index (κ3) is 3.41. The lowest BCUT2D eigenvalue weighted by molar-refractivity contribution is -0.930. The van der Waals surface area contributed by atoms with Crippen molar-refractivity contribution in [3.05, 3.63) is 46.4 Å². The van der Waals surface area contributed by atoms with E-state index >= 15 is 0 Å². The summed E-state index contributed by atoms with van der Waals surface area (Å²) in [6, 6.07) is 10.2. The summed E-state index contributed by atoms with van der Waals surface area (Å²) in [4.78, 5) is 33.1. The summed E-state index contributed by atoms with van der Waals surface area (Å²) in [6.07, 6.45) is 6.79. The normalized spacial score (nSPS) is 19.0. The van der Waals surface area contributed by atoms with Crippen molar-refractivity contribution in [1.82, 2.24) is 19.1 Å². The van der Waals surface area contributed by atoms with Crippen LogP contribution in [0.4, 0.5) is 0 Å². The number of rotatable bonds is 3. The molecule has 1 aliphatic heterocycles. The maximum atomic E-state index is 13.2. The Bertz CT molecular complexity index is 1130. The van der Waals surface area contributed by atoms with Crippen molar-refractivity contribution in [2.45, 2.75) is 51.6 Å². The molecule has 1 saturated heterocycles. The van der Waals surface area contributed by atoms with E-state index in [1.54, 1.807) is 4.90 Å². The van der Waals surface area contributed by atoms with Gasteiger partial charge >= 0.3 is 0 Å². The number of piperazine rings is 1. The van der Waals surface area contributed by atoms with Gasteiger partial charge in [0.1, 0.15) is 6.54 Å². The zero-order valence-corrected chi connectivity index (χ0v) is 17.6. The number of nitrogens with zero attached hydrogens (tertiary/aromatic N) is 4. The van der Waals surface area contributed by atoms with Crippen LogP contribution in [0, 0.1) is 6.92 Å². The number of fused-ring (bicyclic) bond motifs is 3. The van der Waals surface area contributed by atoms with Gasteiger partial charge in [0.05, 0.1) is 37.7 Å². The van der Waals surface area contributed by atoms with Gasteiger partial charge in [-0.1, -0.05) is 18.6 Å². The molecular weight excluding hydrogens is 378 g/mol. The van der Waals surface area contributed by atoms with Crippen LogP contribution in [0.1, 0.15) is 37.8 Å². The molecule has 1 saturated carbocycles. The molecule has 3 heterocycles. The number of aromatic nitrogens is 3. The number of para-hydroxylation sites is 1. The number of hydrogen-bond acceptors (Lipinski definition) is 3. The highest BCUT2D eigenvalue weighted by atomic mass is 16.2. The number of nitrogens with one attached hydrogen (secondary N) is 1. The topological polar surface area (TPSA) is 64.0 Å². The minimum Gasteiger partial charge on any atom is -0.330 e. The molecule has 1 aromatic carbocycles. The molecule has 158 valence electrons. The predicted molar refractivity (Wildman–Crippen MR) is 116 cm³/mol. The molecule has 3 aromatic rings. The largest absolute Gasteiger partial charge is 0.330 e. The summed E-state index contributed by atoms with van der Waals surface area (Å²) >= 11 is 0. The molecule has 1 amide bonds. The third-order valence-corrected chi connectivity index (χ3v) is 6.97. The van der Waals surface area contributed by atoms with Crippen LogP contribution in [0.25, 0.3) is 16.6 Å². The summed E-state index contributed by atoms with van der Waals surface area (Å²) < 4.78 is 3.88. The molecular formula is C23H30N5O2+. The Morgan fingerprint density at radius 2 is 1.87 bits per heavy atom. The number of hydrogen-bond donors (Lipinski definition) is 1. The molecule has 7 heteroatoms. The molecule has 0 radical (unpaired) electrons. The Balaban J connectivity index is 1.38. The molecule has 2 fully saturated rings. The van der Waals surface area contributed by atoms with Gasteiger partial charge < -0.3 is 9.80 Å². The van der Waals surface area contributed by atoms with Crippen LogP contribution in [-0.2, 0) is 11.3 Å².